The maximum absolute atomic E-state index is 14.0. The monoisotopic (exact) mass is 447 g/mol. The van der Waals surface area contributed by atoms with Crippen LogP contribution in [0.4, 0.5) is 23.2 Å². The van der Waals surface area contributed by atoms with Crippen molar-refractivity contribution in [2.24, 2.45) is 7.05 Å². The highest BCUT2D eigenvalue weighted by Gasteiger charge is 2.32. The smallest absolute Gasteiger partial charge is 0.273 e. The third-order valence-corrected chi connectivity index (χ3v) is 6.03. The van der Waals surface area contributed by atoms with Crippen molar-refractivity contribution in [2.75, 3.05) is 5.32 Å². The van der Waals surface area contributed by atoms with E-state index in [-0.39, 0.29) is 22.2 Å². The first-order valence-corrected chi connectivity index (χ1v) is 10.1. The van der Waals surface area contributed by atoms with Gasteiger partial charge >= 0.3 is 0 Å². The third kappa shape index (κ3) is 3.98. The first-order chi connectivity index (χ1) is 13.9. The molecule has 1 aromatic heterocycles. The Kier molecular flexibility index (Phi) is 5.76. The number of nitrogens with one attached hydrogen (secondary N) is 2. The molecule has 2 aromatic rings. The van der Waals surface area contributed by atoms with Crippen LogP contribution in [0.25, 0.3) is 6.08 Å². The van der Waals surface area contributed by atoms with Crippen molar-refractivity contribution in [3.8, 4) is 0 Å². The molecule has 2 atom stereocenters. The van der Waals surface area contributed by atoms with Gasteiger partial charge in [-0.2, -0.15) is 0 Å². The van der Waals surface area contributed by atoms with Crippen LogP contribution in [0.15, 0.2) is 29.3 Å². The van der Waals surface area contributed by atoms with E-state index in [0.717, 1.165) is 6.20 Å². The summed E-state index contributed by atoms with van der Waals surface area (Å²) in [5.74, 6) is -3.73. The van der Waals surface area contributed by atoms with E-state index in [1.807, 2.05) is 0 Å². The molecule has 0 saturated carbocycles. The molecule has 1 aromatic carbocycles. The van der Waals surface area contributed by atoms with Gasteiger partial charge in [-0.05, 0) is 13.0 Å². The van der Waals surface area contributed by atoms with Crippen LogP contribution in [0.5, 0.6) is 0 Å². The van der Waals surface area contributed by atoms with E-state index in [0.29, 0.717) is 6.07 Å². The number of benzene rings is 1. The predicted molar refractivity (Wildman–Crippen MR) is 99.5 cm³/mol. The molecule has 0 fully saturated rings. The van der Waals surface area contributed by atoms with Gasteiger partial charge in [0, 0.05) is 24.9 Å². The lowest BCUT2D eigenvalue weighted by molar-refractivity contribution is 0.101. The number of carbonyl (C=O) groups excluding carboxylic acids is 1. The van der Waals surface area contributed by atoms with Gasteiger partial charge in [-0.15, -0.1) is 0 Å². The summed E-state index contributed by atoms with van der Waals surface area (Å²) in [5.41, 5.74) is -2.03. The van der Waals surface area contributed by atoms with E-state index in [2.05, 4.69) is 10.0 Å². The zero-order valence-corrected chi connectivity index (χ0v) is 16.5. The van der Waals surface area contributed by atoms with Gasteiger partial charge in [0.1, 0.15) is 22.2 Å². The lowest BCUT2D eigenvalue weighted by Gasteiger charge is -2.15. The van der Waals surface area contributed by atoms with E-state index >= 15 is 0 Å². The van der Waals surface area contributed by atoms with Gasteiger partial charge in [-0.25, -0.2) is 30.7 Å². The average molecular weight is 447 g/mol. The first-order valence-electron chi connectivity index (χ1n) is 8.58. The van der Waals surface area contributed by atoms with Crippen molar-refractivity contribution < 1.29 is 35.9 Å². The second kappa shape index (κ2) is 7.85. The zero-order valence-electron chi connectivity index (χ0n) is 15.7. The molecule has 12 heteroatoms. The lowest BCUT2D eigenvalue weighted by atomic mass is 10.1. The summed E-state index contributed by atoms with van der Waals surface area (Å²) in [7, 11) is -2.74. The minimum atomic E-state index is -4.11. The number of hydrogen-bond acceptors (Lipinski definition) is 4. The number of halogens is 4. The van der Waals surface area contributed by atoms with Gasteiger partial charge in [-0.1, -0.05) is 12.2 Å². The van der Waals surface area contributed by atoms with Crippen LogP contribution in [0, 0.1) is 11.6 Å². The largest absolute Gasteiger partial charge is 0.391 e. The summed E-state index contributed by atoms with van der Waals surface area (Å²) < 4.78 is 81.9. The van der Waals surface area contributed by atoms with Crippen LogP contribution >= 0.6 is 0 Å². The number of alkyl halides is 2. The number of fused-ring (bicyclic) bond motifs is 1. The topological polar surface area (TPSA) is 100 Å². The Balaban J connectivity index is 2.05. The number of aryl methyl sites for hydroxylation is 1. The molecule has 0 spiro atoms. The molecule has 0 aliphatic carbocycles. The minimum Gasteiger partial charge on any atom is -0.391 e. The Labute approximate surface area is 169 Å². The Morgan fingerprint density at radius 2 is 1.93 bits per heavy atom. The van der Waals surface area contributed by atoms with Crippen LogP contribution in [0.3, 0.4) is 0 Å². The number of sulfonamides is 1. The molecular formula is C18H17F4N3O4S. The Morgan fingerprint density at radius 1 is 1.27 bits per heavy atom. The number of nitrogens with zero attached hydrogens (tertiary/aromatic N) is 1. The summed E-state index contributed by atoms with van der Waals surface area (Å²) in [6.45, 7) is 1.37. The van der Waals surface area contributed by atoms with Gasteiger partial charge in [0.05, 0.1) is 23.4 Å². The second-order valence-electron chi connectivity index (χ2n) is 6.72. The van der Waals surface area contributed by atoms with Crippen molar-refractivity contribution in [1.82, 2.24) is 9.29 Å². The van der Waals surface area contributed by atoms with Crippen LogP contribution in [-0.2, 0) is 17.1 Å². The number of anilines is 1. The highest BCUT2D eigenvalue weighted by atomic mass is 32.2. The summed E-state index contributed by atoms with van der Waals surface area (Å²) >= 11 is 0. The van der Waals surface area contributed by atoms with Crippen molar-refractivity contribution in [3.63, 3.8) is 0 Å². The minimum absolute atomic E-state index is 0.0396. The van der Waals surface area contributed by atoms with Gasteiger partial charge in [0.25, 0.3) is 12.3 Å². The molecule has 0 bridgehead atoms. The standard InChI is InChI=1S/C18H17F4N3O4S/c1-8(26)13-4-3-9-15(30(28,29)24-13)7-25(2)16(9)18(27)23-14-5-10(17(21)22)11(19)6-12(14)20/h3-8,13,17,24,26H,1-2H3,(H,23,27)/t8-,13+/m0/s1. The fourth-order valence-corrected chi connectivity index (χ4v) is 4.54. The molecular weight excluding hydrogens is 430 g/mol. The normalized spacial score (nSPS) is 18.7. The summed E-state index contributed by atoms with van der Waals surface area (Å²) in [4.78, 5) is 12.5. The summed E-state index contributed by atoms with van der Waals surface area (Å²) in [6, 6.07) is -0.247. The van der Waals surface area contributed by atoms with Crippen LogP contribution in [-0.4, -0.2) is 36.1 Å². The van der Waals surface area contributed by atoms with Crippen molar-refractivity contribution in [3.05, 3.63) is 52.9 Å². The van der Waals surface area contributed by atoms with Gasteiger partial charge in [0.2, 0.25) is 10.0 Å². The molecule has 1 aliphatic heterocycles. The predicted octanol–water partition coefficient (Wildman–Crippen LogP) is 2.55. The maximum Gasteiger partial charge on any atom is 0.273 e. The number of aromatic nitrogens is 1. The van der Waals surface area contributed by atoms with Gasteiger partial charge in [-0.3, -0.25) is 4.79 Å². The van der Waals surface area contributed by atoms with Crippen LogP contribution in [0.1, 0.15) is 35.0 Å². The number of carbonyl (C=O) groups is 1. The van der Waals surface area contributed by atoms with Crippen molar-refractivity contribution >= 4 is 27.7 Å². The number of aliphatic hydroxyl groups is 1. The molecule has 3 rings (SSSR count). The van der Waals surface area contributed by atoms with Crippen LogP contribution < -0.4 is 10.0 Å². The molecule has 2 heterocycles. The first kappa shape index (κ1) is 22.0. The van der Waals surface area contributed by atoms with Crippen molar-refractivity contribution in [2.45, 2.75) is 30.4 Å². The highest BCUT2D eigenvalue weighted by Crippen LogP contribution is 2.30. The molecule has 30 heavy (non-hydrogen) atoms. The Hall–Kier alpha value is -2.70. The van der Waals surface area contributed by atoms with E-state index in [9.17, 15) is 35.9 Å². The molecule has 162 valence electrons. The Bertz CT molecular complexity index is 1140. The zero-order chi connectivity index (χ0) is 22.4. The van der Waals surface area contributed by atoms with Crippen LogP contribution in [0.2, 0.25) is 0 Å². The second-order valence-corrected chi connectivity index (χ2v) is 8.40. The molecule has 3 N–H and O–H groups in total. The maximum atomic E-state index is 14.0. The van der Waals surface area contributed by atoms with E-state index in [4.69, 9.17) is 0 Å². The number of rotatable bonds is 4. The summed E-state index contributed by atoms with van der Waals surface area (Å²) in [6.07, 6.45) is -0.494. The van der Waals surface area contributed by atoms with Crippen molar-refractivity contribution in [1.29, 1.82) is 0 Å². The molecule has 7 nitrogen and oxygen atoms in total. The third-order valence-electron chi connectivity index (χ3n) is 4.54. The SMILES string of the molecule is C[C@H](O)[C@H]1C=Cc2c(cn(C)c2C(=O)Nc2cc(C(F)F)c(F)cc2F)S(=O)(=O)N1. The average Bonchev–Trinajstić information content (AvgIpc) is 2.91. The van der Waals surface area contributed by atoms with Gasteiger partial charge < -0.3 is 15.0 Å². The molecule has 1 amide bonds. The number of hydrogen-bond donors (Lipinski definition) is 3. The molecule has 0 radical (unpaired) electrons. The van der Waals surface area contributed by atoms with E-state index in [1.54, 1.807) is 0 Å². The molecule has 0 saturated heterocycles. The molecule has 0 unspecified atom stereocenters. The Morgan fingerprint density at radius 3 is 2.53 bits per heavy atom. The molecule has 1 aliphatic rings. The number of aliphatic hydroxyl groups excluding tert-OH is 1. The quantitative estimate of drug-likeness (QED) is 0.627. The highest BCUT2D eigenvalue weighted by molar-refractivity contribution is 7.89. The van der Waals surface area contributed by atoms with Gasteiger partial charge in [0.15, 0.2) is 0 Å². The lowest BCUT2D eigenvalue weighted by Crippen LogP contribution is -2.39. The number of amides is 1. The fourth-order valence-electron chi connectivity index (χ4n) is 3.03. The fraction of sp³-hybridized carbons (Fsp3) is 0.278. The van der Waals surface area contributed by atoms with E-state index in [1.165, 1.54) is 30.7 Å². The van der Waals surface area contributed by atoms with E-state index < -0.39 is 57.4 Å². The summed E-state index contributed by atoms with van der Waals surface area (Å²) in [5, 5.41) is 11.8.